The van der Waals surface area contributed by atoms with Gasteiger partial charge in [0.25, 0.3) is 0 Å². The van der Waals surface area contributed by atoms with Crippen LogP contribution in [0.5, 0.6) is 0 Å². The summed E-state index contributed by atoms with van der Waals surface area (Å²) in [5.41, 5.74) is 14.4. The van der Waals surface area contributed by atoms with Gasteiger partial charge in [0, 0.05) is 28.8 Å². The van der Waals surface area contributed by atoms with Crippen molar-refractivity contribution in [2.24, 2.45) is 21.7 Å². The molecule has 0 aliphatic carbocycles. The van der Waals surface area contributed by atoms with Crippen molar-refractivity contribution in [2.75, 3.05) is 0 Å². The summed E-state index contributed by atoms with van der Waals surface area (Å²) in [5.74, 6) is -0.0250. The molecule has 0 spiro atoms. The summed E-state index contributed by atoms with van der Waals surface area (Å²) >= 11 is 3.48. The van der Waals surface area contributed by atoms with E-state index >= 15 is 0 Å². The number of nitrogens with two attached hydrogens (primary N) is 2. The Kier molecular flexibility index (Phi) is 5.83. The molecule has 0 saturated carbocycles. The van der Waals surface area contributed by atoms with Crippen LogP contribution >= 0.6 is 15.9 Å². The molecule has 0 bridgehead atoms. The zero-order valence-corrected chi connectivity index (χ0v) is 15.9. The highest BCUT2D eigenvalue weighted by molar-refractivity contribution is 9.10. The second-order valence-corrected chi connectivity index (χ2v) is 7.61. The molecule has 6 heteroatoms. The van der Waals surface area contributed by atoms with Crippen LogP contribution in [0.15, 0.2) is 51.3 Å². The first-order valence-electron chi connectivity index (χ1n) is 7.85. The highest BCUT2D eigenvalue weighted by Gasteiger charge is 2.20. The molecular weight excluding hydrogens is 366 g/mol. The average molecular weight is 390 g/mol. The van der Waals surface area contributed by atoms with E-state index < -0.39 is 0 Å². The molecule has 0 radical (unpaired) electrons. The SMILES string of the molecule is CC(C)(C)c1cn(-c2ccc(Br)cc2)cc1CCC=NN=C(N)N. The minimum absolute atomic E-state index is 0.0250. The van der Waals surface area contributed by atoms with Crippen LogP contribution in [-0.4, -0.2) is 16.7 Å². The fourth-order valence-electron chi connectivity index (χ4n) is 2.52. The van der Waals surface area contributed by atoms with Gasteiger partial charge in [0.05, 0.1) is 0 Å². The van der Waals surface area contributed by atoms with Gasteiger partial charge >= 0.3 is 0 Å². The maximum absolute atomic E-state index is 5.25. The van der Waals surface area contributed by atoms with Crippen LogP contribution in [0.4, 0.5) is 0 Å². The van der Waals surface area contributed by atoms with E-state index in [9.17, 15) is 0 Å². The molecule has 0 fully saturated rings. The van der Waals surface area contributed by atoms with Crippen LogP contribution in [-0.2, 0) is 11.8 Å². The summed E-state index contributed by atoms with van der Waals surface area (Å²) in [7, 11) is 0. The molecule has 0 aliphatic rings. The summed E-state index contributed by atoms with van der Waals surface area (Å²) in [6.07, 6.45) is 7.82. The molecule has 128 valence electrons. The highest BCUT2D eigenvalue weighted by atomic mass is 79.9. The highest BCUT2D eigenvalue weighted by Crippen LogP contribution is 2.29. The normalized spacial score (nSPS) is 11.8. The molecule has 0 amide bonds. The first-order valence-corrected chi connectivity index (χ1v) is 8.64. The largest absolute Gasteiger partial charge is 0.369 e. The lowest BCUT2D eigenvalue weighted by Gasteiger charge is -2.19. The number of rotatable bonds is 5. The van der Waals surface area contributed by atoms with Crippen LogP contribution in [0, 0.1) is 0 Å². The smallest absolute Gasteiger partial charge is 0.211 e. The zero-order valence-electron chi connectivity index (χ0n) is 14.3. The van der Waals surface area contributed by atoms with Gasteiger partial charge in [-0.05, 0) is 53.6 Å². The van der Waals surface area contributed by atoms with Crippen LogP contribution in [0.2, 0.25) is 0 Å². The molecular formula is C18H24BrN5. The van der Waals surface area contributed by atoms with Crippen molar-refractivity contribution < 1.29 is 0 Å². The molecule has 0 saturated heterocycles. The third kappa shape index (κ3) is 4.96. The number of guanidine groups is 1. The summed E-state index contributed by atoms with van der Waals surface area (Å²) in [6, 6.07) is 8.29. The first-order chi connectivity index (χ1) is 11.3. The van der Waals surface area contributed by atoms with E-state index in [0.29, 0.717) is 0 Å². The Morgan fingerprint density at radius 3 is 2.42 bits per heavy atom. The van der Waals surface area contributed by atoms with E-state index in [1.54, 1.807) is 6.21 Å². The molecule has 2 rings (SSSR count). The number of aryl methyl sites for hydroxylation is 1. The van der Waals surface area contributed by atoms with E-state index in [1.807, 2.05) is 12.1 Å². The molecule has 1 heterocycles. The maximum atomic E-state index is 5.25. The molecule has 1 aromatic heterocycles. The fourth-order valence-corrected chi connectivity index (χ4v) is 2.78. The molecule has 0 atom stereocenters. The van der Waals surface area contributed by atoms with Crippen molar-refractivity contribution in [1.82, 2.24) is 4.57 Å². The molecule has 24 heavy (non-hydrogen) atoms. The van der Waals surface area contributed by atoms with Gasteiger partial charge in [-0.2, -0.15) is 5.10 Å². The number of aromatic nitrogens is 1. The van der Waals surface area contributed by atoms with Crippen LogP contribution in [0.3, 0.4) is 0 Å². The average Bonchev–Trinajstić information content (AvgIpc) is 2.91. The topological polar surface area (TPSA) is 81.7 Å². The van der Waals surface area contributed by atoms with Crippen molar-refractivity contribution in [3.05, 3.63) is 52.3 Å². The Labute approximate surface area is 151 Å². The lowest BCUT2D eigenvalue weighted by atomic mass is 9.85. The fraction of sp³-hybridized carbons (Fsp3) is 0.333. The van der Waals surface area contributed by atoms with Gasteiger partial charge in [-0.25, -0.2) is 0 Å². The Bertz CT molecular complexity index is 732. The lowest BCUT2D eigenvalue weighted by molar-refractivity contribution is 0.583. The standard InChI is InChI=1S/C18H24BrN5/c1-18(2,3)16-12-24(15-8-6-14(19)7-9-15)11-13(16)5-4-10-22-23-17(20)21/h6-12H,4-5H2,1-3H3,(H4,20,21,23). The van der Waals surface area contributed by atoms with E-state index in [-0.39, 0.29) is 11.4 Å². The van der Waals surface area contributed by atoms with E-state index in [2.05, 4.69) is 76.0 Å². The third-order valence-corrected chi connectivity index (χ3v) is 4.17. The van der Waals surface area contributed by atoms with Crippen molar-refractivity contribution in [2.45, 2.75) is 39.0 Å². The minimum atomic E-state index is -0.0250. The summed E-state index contributed by atoms with van der Waals surface area (Å²) in [4.78, 5) is 0. The molecule has 1 aromatic carbocycles. The van der Waals surface area contributed by atoms with Gasteiger partial charge in [-0.1, -0.05) is 36.7 Å². The number of hydrogen-bond donors (Lipinski definition) is 2. The van der Waals surface area contributed by atoms with Crippen molar-refractivity contribution in [3.8, 4) is 5.69 Å². The molecule has 5 nitrogen and oxygen atoms in total. The van der Waals surface area contributed by atoms with Gasteiger partial charge in [-0.15, -0.1) is 5.10 Å². The summed E-state index contributed by atoms with van der Waals surface area (Å²) < 4.78 is 3.25. The molecule has 0 aliphatic heterocycles. The van der Waals surface area contributed by atoms with Crippen molar-refractivity contribution in [3.63, 3.8) is 0 Å². The second kappa shape index (κ2) is 7.66. The third-order valence-electron chi connectivity index (χ3n) is 3.64. The van der Waals surface area contributed by atoms with Crippen LogP contribution < -0.4 is 11.5 Å². The number of nitrogens with zero attached hydrogens (tertiary/aromatic N) is 3. The second-order valence-electron chi connectivity index (χ2n) is 6.69. The van der Waals surface area contributed by atoms with Crippen molar-refractivity contribution in [1.29, 1.82) is 0 Å². The predicted molar refractivity (Wildman–Crippen MR) is 105 cm³/mol. The van der Waals surface area contributed by atoms with E-state index in [0.717, 1.165) is 23.0 Å². The van der Waals surface area contributed by atoms with Crippen LogP contribution in [0.25, 0.3) is 5.69 Å². The van der Waals surface area contributed by atoms with E-state index in [4.69, 9.17) is 11.5 Å². The molecule has 4 N–H and O–H groups in total. The first kappa shape index (κ1) is 18.3. The molecule has 0 unspecified atom stereocenters. The summed E-state index contributed by atoms with van der Waals surface area (Å²) in [6.45, 7) is 6.68. The quantitative estimate of drug-likeness (QED) is 0.463. The van der Waals surface area contributed by atoms with E-state index in [1.165, 1.54) is 11.1 Å². The van der Waals surface area contributed by atoms with Crippen molar-refractivity contribution >= 4 is 28.1 Å². The lowest BCUT2D eigenvalue weighted by Crippen LogP contribution is -2.21. The zero-order chi connectivity index (χ0) is 17.7. The van der Waals surface area contributed by atoms with Gasteiger partial charge < -0.3 is 16.0 Å². The minimum Gasteiger partial charge on any atom is -0.369 e. The Morgan fingerprint density at radius 2 is 1.83 bits per heavy atom. The Balaban J connectivity index is 2.24. The summed E-state index contributed by atoms with van der Waals surface area (Å²) in [5, 5.41) is 7.47. The Morgan fingerprint density at radius 1 is 1.17 bits per heavy atom. The van der Waals surface area contributed by atoms with Gasteiger partial charge in [-0.3, -0.25) is 0 Å². The number of halogens is 1. The van der Waals surface area contributed by atoms with Gasteiger partial charge in [0.15, 0.2) is 0 Å². The maximum Gasteiger partial charge on any atom is 0.211 e. The molecule has 2 aromatic rings. The Hall–Kier alpha value is -2.08. The number of benzene rings is 1. The van der Waals surface area contributed by atoms with Gasteiger partial charge in [0.1, 0.15) is 0 Å². The monoisotopic (exact) mass is 389 g/mol. The number of hydrogen-bond acceptors (Lipinski definition) is 2. The predicted octanol–water partition coefficient (Wildman–Crippen LogP) is 3.73. The van der Waals surface area contributed by atoms with Gasteiger partial charge in [0.2, 0.25) is 5.96 Å². The van der Waals surface area contributed by atoms with Crippen LogP contribution in [0.1, 0.15) is 38.3 Å².